The molecule has 0 aliphatic heterocycles. The number of fused-ring (bicyclic) bond motifs is 2. The van der Waals surface area contributed by atoms with E-state index < -0.39 is 26.7 Å². The summed E-state index contributed by atoms with van der Waals surface area (Å²) in [5, 5.41) is 9.47. The second kappa shape index (κ2) is 5.09. The summed E-state index contributed by atoms with van der Waals surface area (Å²) in [5.74, 6) is -0.539. The molecule has 0 saturated heterocycles. The summed E-state index contributed by atoms with van der Waals surface area (Å²) in [6, 6.07) is 0. The Morgan fingerprint density at radius 2 is 1.55 bits per heavy atom. The lowest BCUT2D eigenvalue weighted by molar-refractivity contribution is -0.140. The van der Waals surface area contributed by atoms with E-state index in [0.29, 0.717) is 0 Å². The van der Waals surface area contributed by atoms with Crippen LogP contribution in [0.2, 0.25) is 0 Å². The third kappa shape index (κ3) is 1.75. The molecular formula is C11H8Cl6O3. The lowest BCUT2D eigenvalue weighted by atomic mass is 9.96. The maximum atomic E-state index is 11.0. The van der Waals surface area contributed by atoms with Gasteiger partial charge in [-0.2, -0.15) is 0 Å². The lowest BCUT2D eigenvalue weighted by Gasteiger charge is -2.33. The minimum absolute atomic E-state index is 0.0415. The topological polar surface area (TPSA) is 46.5 Å². The molecule has 0 fully saturated rings. The van der Waals surface area contributed by atoms with Crippen molar-refractivity contribution in [2.24, 2.45) is 0 Å². The monoisotopic (exact) mass is 398 g/mol. The molecule has 2 bridgehead atoms. The Kier molecular flexibility index (Phi) is 4.33. The first-order valence-corrected chi connectivity index (χ1v) is 7.62. The Balaban J connectivity index is 2.62. The number of rotatable bonds is 3. The van der Waals surface area contributed by atoms with Crippen LogP contribution in [-0.2, 0) is 9.53 Å². The minimum Gasteiger partial charge on any atom is -0.461 e. The highest BCUT2D eigenvalue weighted by atomic mass is 35.5. The number of ether oxygens (including phenoxy) is 1. The Labute approximate surface area is 145 Å². The van der Waals surface area contributed by atoms with Gasteiger partial charge in [0, 0.05) is 12.5 Å². The summed E-state index contributed by atoms with van der Waals surface area (Å²) < 4.78 is 3.09. The zero-order chi connectivity index (χ0) is 15.5. The fraction of sp³-hybridized carbons (Fsp3) is 0.545. The highest BCUT2D eigenvalue weighted by Gasteiger charge is 2.77. The third-order valence-corrected chi connectivity index (χ3v) is 7.59. The van der Waals surface area contributed by atoms with Gasteiger partial charge < -0.3 is 9.84 Å². The normalized spacial score (nSPS) is 35.0. The summed E-state index contributed by atoms with van der Waals surface area (Å²) in [6.45, 7) is 0.476. The van der Waals surface area contributed by atoms with Crippen molar-refractivity contribution in [1.82, 2.24) is 0 Å². The molecule has 2 aliphatic rings. The second-order valence-electron chi connectivity index (χ2n) is 4.41. The van der Waals surface area contributed by atoms with E-state index in [1.165, 1.54) is 6.92 Å². The van der Waals surface area contributed by atoms with E-state index in [2.05, 4.69) is 0 Å². The van der Waals surface area contributed by atoms with Crippen LogP contribution in [0, 0.1) is 0 Å². The Morgan fingerprint density at radius 1 is 1.10 bits per heavy atom. The van der Waals surface area contributed by atoms with E-state index in [1.54, 1.807) is 0 Å². The molecule has 3 nitrogen and oxygen atoms in total. The molecule has 9 heteroatoms. The van der Waals surface area contributed by atoms with Gasteiger partial charge in [-0.15, -0.1) is 23.2 Å². The molecular weight excluding hydrogens is 393 g/mol. The summed E-state index contributed by atoms with van der Waals surface area (Å²) >= 11 is 37.6. The first-order valence-electron chi connectivity index (χ1n) is 5.35. The number of halogens is 6. The zero-order valence-electron chi connectivity index (χ0n) is 9.95. The van der Waals surface area contributed by atoms with Crippen molar-refractivity contribution in [3.8, 4) is 0 Å². The van der Waals surface area contributed by atoms with Gasteiger partial charge in [0.15, 0.2) is 4.33 Å². The first-order chi connectivity index (χ1) is 9.06. The van der Waals surface area contributed by atoms with Crippen molar-refractivity contribution >= 4 is 75.6 Å². The van der Waals surface area contributed by atoms with Gasteiger partial charge in [0.1, 0.15) is 16.4 Å². The van der Waals surface area contributed by atoms with Crippen molar-refractivity contribution in [3.05, 3.63) is 21.2 Å². The van der Waals surface area contributed by atoms with E-state index in [0.717, 1.165) is 0 Å². The SMILES string of the molecule is CC(=O)OCC1=C(CO)[C@@]2(Cl)C(Cl)=C(Cl)[C@]1(Cl)C2(Cl)Cl. The molecule has 0 heterocycles. The Hall–Kier alpha value is 0.650. The van der Waals surface area contributed by atoms with E-state index >= 15 is 0 Å². The molecule has 2 aliphatic carbocycles. The summed E-state index contributed by atoms with van der Waals surface area (Å²) in [5.41, 5.74) is 0.432. The highest BCUT2D eigenvalue weighted by molar-refractivity contribution is 6.67. The van der Waals surface area contributed by atoms with Gasteiger partial charge in [-0.05, 0) is 5.57 Å². The van der Waals surface area contributed by atoms with Crippen molar-refractivity contribution in [2.45, 2.75) is 21.0 Å². The maximum absolute atomic E-state index is 11.0. The zero-order valence-corrected chi connectivity index (χ0v) is 14.5. The number of carbonyl (C=O) groups is 1. The maximum Gasteiger partial charge on any atom is 0.302 e. The van der Waals surface area contributed by atoms with Crippen LogP contribution in [0.5, 0.6) is 0 Å². The van der Waals surface area contributed by atoms with Crippen LogP contribution in [-0.4, -0.2) is 38.4 Å². The molecule has 112 valence electrons. The first kappa shape index (κ1) is 17.0. The van der Waals surface area contributed by atoms with Crippen molar-refractivity contribution in [1.29, 1.82) is 0 Å². The fourth-order valence-corrected chi connectivity index (χ4v) is 5.22. The quantitative estimate of drug-likeness (QED) is 0.446. The Bertz CT molecular complexity index is 554. The number of aliphatic hydroxyl groups excluding tert-OH is 1. The fourth-order valence-electron chi connectivity index (χ4n) is 2.44. The average Bonchev–Trinajstić information content (AvgIpc) is 2.56. The van der Waals surface area contributed by atoms with Crippen molar-refractivity contribution in [3.63, 3.8) is 0 Å². The number of esters is 1. The molecule has 1 N–H and O–H groups in total. The molecule has 0 unspecified atom stereocenters. The van der Waals surface area contributed by atoms with Crippen molar-refractivity contribution < 1.29 is 14.6 Å². The standard InChI is InChI=1S/C11H8Cl6O3/c1-4(19)20-3-6-5(2-18)9(14)7(12)8(13)10(6,15)11(9,16)17/h18H,2-3H2,1H3/t9-,10+/m1/s1. The average molecular weight is 401 g/mol. The smallest absolute Gasteiger partial charge is 0.302 e. The molecule has 2 atom stereocenters. The number of hydrogen-bond acceptors (Lipinski definition) is 3. The van der Waals surface area contributed by atoms with Gasteiger partial charge >= 0.3 is 5.97 Å². The van der Waals surface area contributed by atoms with Crippen molar-refractivity contribution in [2.75, 3.05) is 13.2 Å². The summed E-state index contributed by atoms with van der Waals surface area (Å²) in [6.07, 6.45) is 0. The number of aliphatic hydroxyl groups is 1. The molecule has 0 saturated carbocycles. The van der Waals surface area contributed by atoms with Crippen LogP contribution in [0.15, 0.2) is 21.2 Å². The predicted molar refractivity (Wildman–Crippen MR) is 81.1 cm³/mol. The molecule has 0 radical (unpaired) electrons. The Morgan fingerprint density at radius 3 is 1.95 bits per heavy atom. The lowest BCUT2D eigenvalue weighted by Crippen LogP contribution is -2.46. The molecule has 0 aromatic rings. The van der Waals surface area contributed by atoms with E-state index in [4.69, 9.17) is 74.3 Å². The number of allylic oxidation sites excluding steroid dienone is 2. The summed E-state index contributed by atoms with van der Waals surface area (Å²) in [7, 11) is 0. The van der Waals surface area contributed by atoms with E-state index in [1.807, 2.05) is 0 Å². The van der Waals surface area contributed by atoms with Gasteiger partial charge in [0.2, 0.25) is 0 Å². The minimum atomic E-state index is -1.81. The van der Waals surface area contributed by atoms with Gasteiger partial charge in [-0.3, -0.25) is 4.79 Å². The van der Waals surface area contributed by atoms with Crippen LogP contribution in [0.3, 0.4) is 0 Å². The largest absolute Gasteiger partial charge is 0.461 e. The molecule has 0 aromatic heterocycles. The van der Waals surface area contributed by atoms with E-state index in [9.17, 15) is 9.90 Å². The van der Waals surface area contributed by atoms with Crippen LogP contribution >= 0.6 is 69.6 Å². The summed E-state index contributed by atoms with van der Waals surface area (Å²) in [4.78, 5) is 7.67. The van der Waals surface area contributed by atoms with Gasteiger partial charge in [0.05, 0.1) is 16.7 Å². The van der Waals surface area contributed by atoms with Gasteiger partial charge in [0.25, 0.3) is 0 Å². The molecule has 20 heavy (non-hydrogen) atoms. The predicted octanol–water partition coefficient (Wildman–Crippen LogP) is 3.68. The van der Waals surface area contributed by atoms with Crippen LogP contribution in [0.4, 0.5) is 0 Å². The molecule has 0 aromatic carbocycles. The van der Waals surface area contributed by atoms with Crippen LogP contribution < -0.4 is 0 Å². The second-order valence-corrected chi connectivity index (χ2v) is 7.63. The number of alkyl halides is 4. The van der Waals surface area contributed by atoms with Crippen LogP contribution in [0.25, 0.3) is 0 Å². The molecule has 0 amide bonds. The highest BCUT2D eigenvalue weighted by Crippen LogP contribution is 2.73. The van der Waals surface area contributed by atoms with Crippen LogP contribution in [0.1, 0.15) is 6.92 Å². The van der Waals surface area contributed by atoms with Gasteiger partial charge in [-0.25, -0.2) is 0 Å². The molecule has 2 rings (SSSR count). The van der Waals surface area contributed by atoms with Gasteiger partial charge in [-0.1, -0.05) is 46.4 Å². The number of hydrogen-bond donors (Lipinski definition) is 1. The number of carbonyl (C=O) groups excluding carboxylic acids is 1. The molecule has 0 spiro atoms. The van der Waals surface area contributed by atoms with E-state index in [-0.39, 0.29) is 27.8 Å². The third-order valence-electron chi connectivity index (χ3n) is 3.44.